The minimum atomic E-state index is -0.150. The number of nitrogens with zero attached hydrogens (tertiary/aromatic N) is 1. The van der Waals surface area contributed by atoms with Gasteiger partial charge in [-0.25, -0.2) is 0 Å². The van der Waals surface area contributed by atoms with Gasteiger partial charge in [-0.2, -0.15) is 0 Å². The van der Waals surface area contributed by atoms with E-state index in [1.807, 2.05) is 12.1 Å². The van der Waals surface area contributed by atoms with Crippen molar-refractivity contribution in [2.75, 3.05) is 6.61 Å². The fourth-order valence-electron chi connectivity index (χ4n) is 1.64. The summed E-state index contributed by atoms with van der Waals surface area (Å²) in [5.74, 6) is 0.792. The van der Waals surface area contributed by atoms with Gasteiger partial charge in [-0.15, -0.1) is 0 Å². The monoisotopic (exact) mass is 192 g/mol. The molecule has 1 aromatic heterocycles. The van der Waals surface area contributed by atoms with E-state index in [2.05, 4.69) is 18.8 Å². The van der Waals surface area contributed by atoms with Crippen molar-refractivity contribution in [1.82, 2.24) is 4.98 Å². The van der Waals surface area contributed by atoms with Crippen LogP contribution in [-0.2, 0) is 0 Å². The summed E-state index contributed by atoms with van der Waals surface area (Å²) in [6, 6.07) is 3.75. The first-order valence-corrected chi connectivity index (χ1v) is 4.85. The highest BCUT2D eigenvalue weighted by molar-refractivity contribution is 5.19. The van der Waals surface area contributed by atoms with Crippen molar-refractivity contribution < 1.29 is 4.74 Å². The standard InChI is InChI=1S/C11H16N2O/c1-10(2)7-11(10,12)8-14-9-4-3-5-13-6-9/h3-6H,7-8,12H2,1-2H3. The number of rotatable bonds is 3. The van der Waals surface area contributed by atoms with Gasteiger partial charge in [0.2, 0.25) is 0 Å². The van der Waals surface area contributed by atoms with Crippen LogP contribution in [0.15, 0.2) is 24.5 Å². The summed E-state index contributed by atoms with van der Waals surface area (Å²) in [4.78, 5) is 3.98. The zero-order chi connectivity index (χ0) is 10.2. The van der Waals surface area contributed by atoms with Gasteiger partial charge in [-0.3, -0.25) is 4.98 Å². The van der Waals surface area contributed by atoms with Gasteiger partial charge in [-0.1, -0.05) is 13.8 Å². The topological polar surface area (TPSA) is 48.1 Å². The summed E-state index contributed by atoms with van der Waals surface area (Å²) >= 11 is 0. The van der Waals surface area contributed by atoms with Crippen molar-refractivity contribution in [1.29, 1.82) is 0 Å². The quantitative estimate of drug-likeness (QED) is 0.791. The van der Waals surface area contributed by atoms with E-state index in [0.717, 1.165) is 12.2 Å². The third kappa shape index (κ3) is 1.60. The van der Waals surface area contributed by atoms with Crippen molar-refractivity contribution in [3.63, 3.8) is 0 Å². The summed E-state index contributed by atoms with van der Waals surface area (Å²) in [5.41, 5.74) is 6.19. The lowest BCUT2D eigenvalue weighted by Crippen LogP contribution is -2.35. The molecular weight excluding hydrogens is 176 g/mol. The molecule has 0 radical (unpaired) electrons. The number of nitrogens with two attached hydrogens (primary N) is 1. The minimum absolute atomic E-state index is 0.150. The third-order valence-corrected chi connectivity index (χ3v) is 3.11. The molecule has 2 rings (SSSR count). The Morgan fingerprint density at radius 2 is 2.29 bits per heavy atom. The van der Waals surface area contributed by atoms with Crippen LogP contribution in [0.3, 0.4) is 0 Å². The number of aromatic nitrogens is 1. The molecule has 1 saturated carbocycles. The highest BCUT2D eigenvalue weighted by Gasteiger charge is 2.59. The Morgan fingerprint density at radius 3 is 2.79 bits per heavy atom. The Bertz CT molecular complexity index is 323. The van der Waals surface area contributed by atoms with Crippen LogP contribution in [-0.4, -0.2) is 17.1 Å². The van der Waals surface area contributed by atoms with Crippen molar-refractivity contribution in [2.45, 2.75) is 25.8 Å². The smallest absolute Gasteiger partial charge is 0.137 e. The highest BCUT2D eigenvalue weighted by Crippen LogP contribution is 2.53. The second kappa shape index (κ2) is 2.95. The van der Waals surface area contributed by atoms with Crippen molar-refractivity contribution in [2.24, 2.45) is 11.1 Å². The molecule has 0 bridgehead atoms. The molecule has 1 unspecified atom stereocenters. The van der Waals surface area contributed by atoms with Crippen LogP contribution in [0, 0.1) is 5.41 Å². The zero-order valence-corrected chi connectivity index (χ0v) is 8.66. The summed E-state index contributed by atoms with van der Waals surface area (Å²) in [5, 5.41) is 0. The Hall–Kier alpha value is -1.09. The number of pyridine rings is 1. The van der Waals surface area contributed by atoms with E-state index < -0.39 is 0 Å². The van der Waals surface area contributed by atoms with Crippen LogP contribution in [0.4, 0.5) is 0 Å². The predicted molar refractivity (Wildman–Crippen MR) is 55.0 cm³/mol. The molecule has 0 spiro atoms. The Balaban J connectivity index is 1.91. The molecule has 0 amide bonds. The van der Waals surface area contributed by atoms with Crippen LogP contribution in [0.5, 0.6) is 5.75 Å². The van der Waals surface area contributed by atoms with Crippen LogP contribution in [0.2, 0.25) is 0 Å². The van der Waals surface area contributed by atoms with Crippen LogP contribution >= 0.6 is 0 Å². The Kier molecular flexibility index (Phi) is 2.00. The maximum Gasteiger partial charge on any atom is 0.137 e. The van der Waals surface area contributed by atoms with Gasteiger partial charge >= 0.3 is 0 Å². The molecule has 14 heavy (non-hydrogen) atoms. The van der Waals surface area contributed by atoms with Crippen molar-refractivity contribution in [3.05, 3.63) is 24.5 Å². The van der Waals surface area contributed by atoms with Gasteiger partial charge in [0.25, 0.3) is 0 Å². The molecule has 1 aliphatic carbocycles. The second-order valence-corrected chi connectivity index (χ2v) is 4.69. The molecule has 76 valence electrons. The minimum Gasteiger partial charge on any atom is -0.490 e. The summed E-state index contributed by atoms with van der Waals surface area (Å²) < 4.78 is 5.58. The van der Waals surface area contributed by atoms with Gasteiger partial charge in [0, 0.05) is 6.20 Å². The summed E-state index contributed by atoms with van der Waals surface area (Å²) in [7, 11) is 0. The van der Waals surface area contributed by atoms with E-state index in [9.17, 15) is 0 Å². The van der Waals surface area contributed by atoms with Gasteiger partial charge < -0.3 is 10.5 Å². The first-order valence-electron chi connectivity index (χ1n) is 4.85. The molecule has 1 aromatic rings. The molecule has 3 nitrogen and oxygen atoms in total. The highest BCUT2D eigenvalue weighted by atomic mass is 16.5. The first kappa shape index (κ1) is 9.46. The predicted octanol–water partition coefficient (Wildman–Crippen LogP) is 1.59. The van der Waals surface area contributed by atoms with E-state index in [1.165, 1.54) is 0 Å². The second-order valence-electron chi connectivity index (χ2n) is 4.69. The zero-order valence-electron chi connectivity index (χ0n) is 8.66. The average Bonchev–Trinajstić information content (AvgIpc) is 2.65. The fraction of sp³-hybridized carbons (Fsp3) is 0.545. The lowest BCUT2D eigenvalue weighted by molar-refractivity contribution is 0.254. The van der Waals surface area contributed by atoms with E-state index in [4.69, 9.17) is 10.5 Å². The van der Waals surface area contributed by atoms with E-state index in [0.29, 0.717) is 6.61 Å². The SMILES string of the molecule is CC1(C)CC1(N)COc1cccnc1. The molecule has 0 aliphatic heterocycles. The normalized spacial score (nSPS) is 28.5. The van der Waals surface area contributed by atoms with E-state index in [1.54, 1.807) is 12.4 Å². The van der Waals surface area contributed by atoms with Gasteiger partial charge in [0.05, 0.1) is 11.7 Å². The third-order valence-electron chi connectivity index (χ3n) is 3.11. The number of ether oxygens (including phenoxy) is 1. The molecule has 0 saturated heterocycles. The fourth-order valence-corrected chi connectivity index (χ4v) is 1.64. The maximum atomic E-state index is 6.13. The molecule has 1 aliphatic rings. The molecule has 3 heteroatoms. The molecule has 1 fully saturated rings. The molecule has 1 atom stereocenters. The molecule has 2 N–H and O–H groups in total. The molecule has 1 heterocycles. The Morgan fingerprint density at radius 1 is 1.57 bits per heavy atom. The van der Waals surface area contributed by atoms with Gasteiger partial charge in [0.1, 0.15) is 12.4 Å². The summed E-state index contributed by atoms with van der Waals surface area (Å²) in [6.45, 7) is 4.91. The lowest BCUT2D eigenvalue weighted by Gasteiger charge is -2.15. The summed E-state index contributed by atoms with van der Waals surface area (Å²) in [6.07, 6.45) is 4.46. The first-order chi connectivity index (χ1) is 6.54. The molecule has 0 aromatic carbocycles. The van der Waals surface area contributed by atoms with Crippen molar-refractivity contribution in [3.8, 4) is 5.75 Å². The van der Waals surface area contributed by atoms with E-state index >= 15 is 0 Å². The maximum absolute atomic E-state index is 6.13. The van der Waals surface area contributed by atoms with Crippen molar-refractivity contribution >= 4 is 0 Å². The number of hydrogen-bond donors (Lipinski definition) is 1. The van der Waals surface area contributed by atoms with Crippen LogP contribution in [0.25, 0.3) is 0 Å². The van der Waals surface area contributed by atoms with Gasteiger partial charge in [0.15, 0.2) is 0 Å². The van der Waals surface area contributed by atoms with Crippen LogP contribution < -0.4 is 10.5 Å². The number of hydrogen-bond acceptors (Lipinski definition) is 3. The van der Waals surface area contributed by atoms with E-state index in [-0.39, 0.29) is 11.0 Å². The largest absolute Gasteiger partial charge is 0.490 e. The Labute approximate surface area is 84.3 Å². The van der Waals surface area contributed by atoms with Gasteiger partial charge in [-0.05, 0) is 24.0 Å². The lowest BCUT2D eigenvalue weighted by atomic mass is 10.1. The molecular formula is C11H16N2O. The van der Waals surface area contributed by atoms with Crippen LogP contribution in [0.1, 0.15) is 20.3 Å². The average molecular weight is 192 g/mol.